The molecule has 184 valence electrons. The van der Waals surface area contributed by atoms with Crippen LogP contribution in [-0.2, 0) is 16.5 Å². The van der Waals surface area contributed by atoms with E-state index in [0.29, 0.717) is 0 Å². The number of aryl methyl sites for hydroxylation is 4. The van der Waals surface area contributed by atoms with Crippen LogP contribution < -0.4 is 0 Å². The zero-order chi connectivity index (χ0) is 23.3. The van der Waals surface area contributed by atoms with Crippen molar-refractivity contribution in [2.45, 2.75) is 106 Å². The molecule has 0 saturated carbocycles. The molecule has 0 aliphatic carbocycles. The molecule has 0 fully saturated rings. The summed E-state index contributed by atoms with van der Waals surface area (Å²) in [4.78, 5) is 10.3. The standard InChI is InChI=1S/C30H44N2.Ni/c1-7-9-11-12-13-14-16-30(32-28-20-18-24(4)26(6)22-28)29(15-10-8-2)31-27-19-17-23(3)25(5)21-27;/h17-22H,7-16H2,1-6H3;/b31-29+,32-30+;. The number of hydrogen-bond acceptors (Lipinski definition) is 2. The van der Waals surface area contributed by atoms with Gasteiger partial charge < -0.3 is 0 Å². The summed E-state index contributed by atoms with van der Waals surface area (Å²) in [6, 6.07) is 13.1. The van der Waals surface area contributed by atoms with Crippen molar-refractivity contribution in [2.75, 3.05) is 0 Å². The maximum absolute atomic E-state index is 5.17. The summed E-state index contributed by atoms with van der Waals surface area (Å²) >= 11 is 0. The van der Waals surface area contributed by atoms with E-state index >= 15 is 0 Å². The Labute approximate surface area is 213 Å². The van der Waals surface area contributed by atoms with Crippen LogP contribution in [0.3, 0.4) is 0 Å². The number of nitrogens with zero attached hydrogens (tertiary/aromatic N) is 2. The molecule has 0 aliphatic heterocycles. The van der Waals surface area contributed by atoms with Gasteiger partial charge in [-0.3, -0.25) is 9.98 Å². The van der Waals surface area contributed by atoms with Crippen LogP contribution in [0.4, 0.5) is 11.4 Å². The summed E-state index contributed by atoms with van der Waals surface area (Å²) in [6.45, 7) is 13.2. The molecule has 2 aromatic carbocycles. The molecule has 2 rings (SSSR count). The van der Waals surface area contributed by atoms with E-state index in [1.807, 2.05) is 0 Å². The maximum Gasteiger partial charge on any atom is 0.0636 e. The summed E-state index contributed by atoms with van der Waals surface area (Å²) in [7, 11) is 0. The minimum atomic E-state index is 0. The summed E-state index contributed by atoms with van der Waals surface area (Å²) in [5, 5.41) is 0. The third-order valence-electron chi connectivity index (χ3n) is 6.38. The fourth-order valence-electron chi connectivity index (χ4n) is 3.85. The molecule has 0 bridgehead atoms. The van der Waals surface area contributed by atoms with Crippen molar-refractivity contribution in [3.05, 3.63) is 58.7 Å². The number of rotatable bonds is 13. The van der Waals surface area contributed by atoms with Gasteiger partial charge in [0.1, 0.15) is 0 Å². The maximum atomic E-state index is 5.17. The minimum Gasteiger partial charge on any atom is -0.252 e. The SMILES string of the molecule is CCCCCCCCC(=N\c1ccc(C)c(C)c1)/C(CCCC)=N/c1ccc(C)c(C)c1.[Ni]. The second kappa shape index (κ2) is 16.0. The van der Waals surface area contributed by atoms with Crippen LogP contribution >= 0.6 is 0 Å². The molecule has 0 N–H and O–H groups in total. The molecule has 0 amide bonds. The van der Waals surface area contributed by atoms with Crippen LogP contribution in [0.25, 0.3) is 0 Å². The number of aliphatic imine (C=N–C) groups is 2. The molecule has 0 unspecified atom stereocenters. The van der Waals surface area contributed by atoms with Gasteiger partial charge in [-0.1, -0.05) is 64.5 Å². The van der Waals surface area contributed by atoms with Crippen LogP contribution in [0, 0.1) is 27.7 Å². The molecular weight excluding hydrogens is 447 g/mol. The summed E-state index contributed by atoms with van der Waals surface area (Å²) < 4.78 is 0. The molecule has 0 atom stereocenters. The zero-order valence-corrected chi connectivity index (χ0v) is 22.7. The minimum absolute atomic E-state index is 0. The number of hydrogen-bond donors (Lipinski definition) is 0. The Morgan fingerprint density at radius 3 is 1.42 bits per heavy atom. The molecule has 0 aromatic heterocycles. The van der Waals surface area contributed by atoms with E-state index in [1.54, 1.807) is 0 Å². The van der Waals surface area contributed by atoms with E-state index < -0.39 is 0 Å². The van der Waals surface area contributed by atoms with Crippen LogP contribution in [0.2, 0.25) is 0 Å². The molecule has 0 aliphatic rings. The Morgan fingerprint density at radius 2 is 0.970 bits per heavy atom. The van der Waals surface area contributed by atoms with Gasteiger partial charge in [0.05, 0.1) is 22.8 Å². The van der Waals surface area contributed by atoms with Crippen molar-refractivity contribution in [3.63, 3.8) is 0 Å². The molecule has 3 heteroatoms. The van der Waals surface area contributed by atoms with Gasteiger partial charge in [-0.15, -0.1) is 0 Å². The van der Waals surface area contributed by atoms with Gasteiger partial charge in [0, 0.05) is 16.5 Å². The smallest absolute Gasteiger partial charge is 0.0636 e. The molecule has 2 aromatic rings. The largest absolute Gasteiger partial charge is 0.252 e. The van der Waals surface area contributed by atoms with Crippen molar-refractivity contribution in [3.8, 4) is 0 Å². The second-order valence-corrected chi connectivity index (χ2v) is 9.28. The molecule has 0 spiro atoms. The van der Waals surface area contributed by atoms with Gasteiger partial charge in [0.25, 0.3) is 0 Å². The summed E-state index contributed by atoms with van der Waals surface area (Å²) in [5.74, 6) is 0. The van der Waals surface area contributed by atoms with Crippen LogP contribution in [-0.4, -0.2) is 11.4 Å². The van der Waals surface area contributed by atoms with Gasteiger partial charge in [-0.25, -0.2) is 0 Å². The van der Waals surface area contributed by atoms with Crippen molar-refractivity contribution in [2.24, 2.45) is 9.98 Å². The van der Waals surface area contributed by atoms with Crippen LogP contribution in [0.5, 0.6) is 0 Å². The van der Waals surface area contributed by atoms with Crippen molar-refractivity contribution in [1.82, 2.24) is 0 Å². The summed E-state index contributed by atoms with van der Waals surface area (Å²) in [6.07, 6.45) is 12.1. The van der Waals surface area contributed by atoms with Gasteiger partial charge in [-0.05, 0) is 99.9 Å². The fraction of sp³-hybridized carbons (Fsp3) is 0.533. The second-order valence-electron chi connectivity index (χ2n) is 9.28. The summed E-state index contributed by atoms with van der Waals surface area (Å²) in [5.41, 5.74) is 9.67. The average molecular weight is 491 g/mol. The molecular formula is C30H44N2Ni. The third kappa shape index (κ3) is 10.4. The first-order valence-corrected chi connectivity index (χ1v) is 12.7. The van der Waals surface area contributed by atoms with Gasteiger partial charge in [0.2, 0.25) is 0 Å². The Morgan fingerprint density at radius 1 is 0.545 bits per heavy atom. The van der Waals surface area contributed by atoms with E-state index in [-0.39, 0.29) is 16.5 Å². The van der Waals surface area contributed by atoms with Crippen molar-refractivity contribution < 1.29 is 16.5 Å². The van der Waals surface area contributed by atoms with Crippen molar-refractivity contribution >= 4 is 22.8 Å². The Hall–Kier alpha value is -1.73. The van der Waals surface area contributed by atoms with Crippen LogP contribution in [0.15, 0.2) is 46.4 Å². The Balaban J connectivity index is 0.00000544. The fourth-order valence-corrected chi connectivity index (χ4v) is 3.85. The van der Waals surface area contributed by atoms with E-state index in [2.05, 4.69) is 77.9 Å². The molecule has 0 heterocycles. The molecule has 33 heavy (non-hydrogen) atoms. The zero-order valence-electron chi connectivity index (χ0n) is 21.7. The first-order chi connectivity index (χ1) is 15.4. The average Bonchev–Trinajstić information content (AvgIpc) is 2.77. The Kier molecular flexibility index (Phi) is 14.2. The first kappa shape index (κ1) is 29.3. The number of unbranched alkanes of at least 4 members (excludes halogenated alkanes) is 6. The van der Waals surface area contributed by atoms with E-state index in [9.17, 15) is 0 Å². The predicted octanol–water partition coefficient (Wildman–Crippen LogP) is 9.70. The van der Waals surface area contributed by atoms with E-state index in [0.717, 1.165) is 30.6 Å². The van der Waals surface area contributed by atoms with E-state index in [4.69, 9.17) is 9.98 Å². The molecule has 2 nitrogen and oxygen atoms in total. The van der Waals surface area contributed by atoms with Crippen LogP contribution in [0.1, 0.15) is 100 Å². The van der Waals surface area contributed by atoms with Gasteiger partial charge in [0.15, 0.2) is 0 Å². The molecule has 0 radical (unpaired) electrons. The topological polar surface area (TPSA) is 24.7 Å². The first-order valence-electron chi connectivity index (χ1n) is 12.7. The molecule has 0 saturated heterocycles. The number of benzene rings is 2. The quantitative estimate of drug-likeness (QED) is 0.151. The van der Waals surface area contributed by atoms with Crippen molar-refractivity contribution in [1.29, 1.82) is 0 Å². The Bertz CT molecular complexity index is 912. The third-order valence-corrected chi connectivity index (χ3v) is 6.38. The van der Waals surface area contributed by atoms with E-state index in [1.165, 1.54) is 78.6 Å². The van der Waals surface area contributed by atoms with Gasteiger partial charge in [-0.2, -0.15) is 0 Å². The van der Waals surface area contributed by atoms with Gasteiger partial charge >= 0.3 is 0 Å². The predicted molar refractivity (Wildman–Crippen MR) is 144 cm³/mol. The monoisotopic (exact) mass is 490 g/mol. The normalized spacial score (nSPS) is 12.1.